The number of aromatic amines is 1. The summed E-state index contributed by atoms with van der Waals surface area (Å²) < 4.78 is 35.9. The zero-order valence-corrected chi connectivity index (χ0v) is 19.8. The van der Waals surface area contributed by atoms with Crippen molar-refractivity contribution in [3.63, 3.8) is 0 Å². The number of halogens is 1. The highest BCUT2D eigenvalue weighted by Crippen LogP contribution is 2.44. The smallest absolute Gasteiger partial charge is 0.296 e. The van der Waals surface area contributed by atoms with Crippen LogP contribution in [0.15, 0.2) is 86.6 Å². The maximum atomic E-state index is 13.6. The molecule has 34 heavy (non-hydrogen) atoms. The topological polar surface area (TPSA) is 125 Å². The quantitative estimate of drug-likeness (QED) is 0.398. The normalized spacial score (nSPS) is 15.2. The van der Waals surface area contributed by atoms with E-state index in [1.807, 2.05) is 12.1 Å². The van der Waals surface area contributed by atoms with Crippen molar-refractivity contribution in [3.8, 4) is 11.4 Å². The van der Waals surface area contributed by atoms with Crippen LogP contribution in [0.5, 0.6) is 0 Å². The SMILES string of the molecule is O=C(NS(=O)(=O)N1c2ccccc2CC1c1ccc(Br)cc1-c1noc(=O)[nH]1)c1ccccc1. The third-order valence-electron chi connectivity index (χ3n) is 5.51. The van der Waals surface area contributed by atoms with Gasteiger partial charge in [-0.2, -0.15) is 8.42 Å². The number of benzene rings is 3. The summed E-state index contributed by atoms with van der Waals surface area (Å²) in [4.78, 5) is 26.8. The summed E-state index contributed by atoms with van der Waals surface area (Å²) in [6.07, 6.45) is 0.354. The Labute approximate surface area is 202 Å². The van der Waals surface area contributed by atoms with Gasteiger partial charge < -0.3 is 0 Å². The molecule has 1 unspecified atom stereocenters. The minimum atomic E-state index is -4.32. The van der Waals surface area contributed by atoms with Crippen molar-refractivity contribution < 1.29 is 17.7 Å². The van der Waals surface area contributed by atoms with Crippen molar-refractivity contribution in [1.29, 1.82) is 0 Å². The molecule has 0 radical (unpaired) electrons. The van der Waals surface area contributed by atoms with Crippen molar-refractivity contribution in [2.75, 3.05) is 4.31 Å². The maximum absolute atomic E-state index is 13.6. The van der Waals surface area contributed by atoms with Gasteiger partial charge in [-0.05, 0) is 41.5 Å². The van der Waals surface area contributed by atoms with E-state index in [0.717, 1.165) is 5.56 Å². The third-order valence-corrected chi connectivity index (χ3v) is 7.42. The fourth-order valence-electron chi connectivity index (χ4n) is 4.08. The van der Waals surface area contributed by atoms with Crippen LogP contribution < -0.4 is 14.8 Å². The molecule has 1 aliphatic rings. The molecule has 0 saturated carbocycles. The fourth-order valence-corrected chi connectivity index (χ4v) is 5.85. The van der Waals surface area contributed by atoms with Crippen LogP contribution in [0.3, 0.4) is 0 Å². The Kier molecular flexibility index (Phi) is 5.58. The zero-order valence-electron chi connectivity index (χ0n) is 17.4. The van der Waals surface area contributed by atoms with Crippen molar-refractivity contribution in [2.45, 2.75) is 12.5 Å². The van der Waals surface area contributed by atoms with E-state index in [-0.39, 0.29) is 11.4 Å². The number of nitrogens with zero attached hydrogens (tertiary/aromatic N) is 2. The minimum absolute atomic E-state index is 0.169. The summed E-state index contributed by atoms with van der Waals surface area (Å²) in [6, 6.07) is 19.8. The lowest BCUT2D eigenvalue weighted by molar-refractivity contribution is 0.0981. The second-order valence-corrected chi connectivity index (χ2v) is 10.1. The molecule has 2 N–H and O–H groups in total. The Morgan fingerprint density at radius 1 is 1.09 bits per heavy atom. The van der Waals surface area contributed by atoms with Gasteiger partial charge in [0.2, 0.25) is 0 Å². The van der Waals surface area contributed by atoms with E-state index in [9.17, 15) is 18.0 Å². The van der Waals surface area contributed by atoms with Crippen molar-refractivity contribution in [2.24, 2.45) is 0 Å². The van der Waals surface area contributed by atoms with Gasteiger partial charge in [-0.15, -0.1) is 0 Å². The molecule has 11 heteroatoms. The van der Waals surface area contributed by atoms with Gasteiger partial charge in [0.05, 0.1) is 11.7 Å². The lowest BCUT2D eigenvalue weighted by Crippen LogP contribution is -2.44. The molecule has 3 aromatic carbocycles. The largest absolute Gasteiger partial charge is 0.439 e. The van der Waals surface area contributed by atoms with Crippen LogP contribution in [0.1, 0.15) is 27.5 Å². The first-order chi connectivity index (χ1) is 16.3. The van der Waals surface area contributed by atoms with Crippen LogP contribution in [-0.2, 0) is 16.6 Å². The van der Waals surface area contributed by atoms with E-state index in [1.165, 1.54) is 16.4 Å². The Bertz CT molecular complexity index is 1550. The van der Waals surface area contributed by atoms with Gasteiger partial charge in [-0.3, -0.25) is 14.3 Å². The molecule has 2 heterocycles. The molecule has 1 amide bonds. The summed E-state index contributed by atoms with van der Waals surface area (Å²) in [5.74, 6) is -1.29. The average molecular weight is 541 g/mol. The van der Waals surface area contributed by atoms with Gasteiger partial charge in [-0.1, -0.05) is 63.6 Å². The lowest BCUT2D eigenvalue weighted by atomic mass is 9.97. The molecule has 0 saturated heterocycles. The first-order valence-corrected chi connectivity index (χ1v) is 12.4. The number of hydrogen-bond donors (Lipinski definition) is 2. The first-order valence-electron chi connectivity index (χ1n) is 10.2. The number of fused-ring (bicyclic) bond motifs is 1. The molecule has 9 nitrogen and oxygen atoms in total. The van der Waals surface area contributed by atoms with Crippen LogP contribution in [0.2, 0.25) is 0 Å². The maximum Gasteiger partial charge on any atom is 0.439 e. The van der Waals surface area contributed by atoms with Crippen LogP contribution in [0.25, 0.3) is 11.4 Å². The molecule has 4 aromatic rings. The second kappa shape index (κ2) is 8.58. The lowest BCUT2D eigenvalue weighted by Gasteiger charge is -2.28. The van der Waals surface area contributed by atoms with E-state index >= 15 is 0 Å². The first kappa shape index (κ1) is 22.1. The van der Waals surface area contributed by atoms with Crippen LogP contribution >= 0.6 is 15.9 Å². The third kappa shape index (κ3) is 4.03. The number of H-pyrrole nitrogens is 1. The van der Waals surface area contributed by atoms with Crippen LogP contribution in [0.4, 0.5) is 5.69 Å². The number of carbonyl (C=O) groups is 1. The van der Waals surface area contributed by atoms with E-state index in [4.69, 9.17) is 0 Å². The molecule has 5 rings (SSSR count). The van der Waals surface area contributed by atoms with Crippen LogP contribution in [-0.4, -0.2) is 24.5 Å². The molecule has 1 atom stereocenters. The number of hydrogen-bond acceptors (Lipinski definition) is 6. The second-order valence-electron chi connectivity index (χ2n) is 7.62. The summed E-state index contributed by atoms with van der Waals surface area (Å²) in [5, 5.41) is 3.78. The Balaban J connectivity index is 1.61. The molecule has 0 fully saturated rings. The van der Waals surface area contributed by atoms with Crippen molar-refractivity contribution >= 4 is 37.7 Å². The number of anilines is 1. The standard InChI is InChI=1S/C23H17BrN4O5S/c24-16-10-11-17(18(13-16)21-25-23(30)33-26-21)20-12-15-8-4-5-9-19(15)28(20)34(31,32)27-22(29)14-6-2-1-3-7-14/h1-11,13,20H,12H2,(H,27,29)(H,25,26,30). The van der Waals surface area contributed by atoms with E-state index in [1.54, 1.807) is 48.5 Å². The molecule has 1 aliphatic heterocycles. The number of rotatable bonds is 5. The highest BCUT2D eigenvalue weighted by atomic mass is 79.9. The molecule has 0 spiro atoms. The van der Waals surface area contributed by atoms with Gasteiger partial charge >= 0.3 is 16.0 Å². The number of nitrogens with one attached hydrogen (secondary N) is 2. The molecule has 1 aromatic heterocycles. The van der Waals surface area contributed by atoms with E-state index in [0.29, 0.717) is 27.7 Å². The highest BCUT2D eigenvalue weighted by Gasteiger charge is 2.40. The van der Waals surface area contributed by atoms with Crippen molar-refractivity contribution in [1.82, 2.24) is 14.9 Å². The Hall–Kier alpha value is -3.70. The van der Waals surface area contributed by atoms with E-state index < -0.39 is 27.9 Å². The summed E-state index contributed by atoms with van der Waals surface area (Å²) in [5.41, 5.74) is 2.56. The van der Waals surface area contributed by atoms with Gasteiger partial charge in [0.1, 0.15) is 0 Å². The predicted octanol–water partition coefficient (Wildman–Crippen LogP) is 3.57. The fraction of sp³-hybridized carbons (Fsp3) is 0.0870. The molecule has 0 bridgehead atoms. The van der Waals surface area contributed by atoms with Gasteiger partial charge in [0, 0.05) is 22.0 Å². The van der Waals surface area contributed by atoms with Gasteiger partial charge in [0.15, 0.2) is 5.82 Å². The van der Waals surface area contributed by atoms with Gasteiger partial charge in [0.25, 0.3) is 5.91 Å². The predicted molar refractivity (Wildman–Crippen MR) is 128 cm³/mol. The summed E-state index contributed by atoms with van der Waals surface area (Å²) >= 11 is 3.41. The van der Waals surface area contributed by atoms with E-state index in [2.05, 4.69) is 35.3 Å². The Morgan fingerprint density at radius 2 is 1.82 bits per heavy atom. The number of para-hydroxylation sites is 1. The molecular weight excluding hydrogens is 524 g/mol. The number of amides is 1. The molecule has 172 valence electrons. The van der Waals surface area contributed by atoms with Gasteiger partial charge in [-0.25, -0.2) is 13.8 Å². The molecular formula is C23H17BrN4O5S. The number of aromatic nitrogens is 2. The van der Waals surface area contributed by atoms with Crippen molar-refractivity contribution in [3.05, 3.63) is 105 Å². The number of carbonyl (C=O) groups excluding carboxylic acids is 1. The highest BCUT2D eigenvalue weighted by molar-refractivity contribution is 9.10. The monoisotopic (exact) mass is 540 g/mol. The minimum Gasteiger partial charge on any atom is -0.296 e. The van der Waals surface area contributed by atoms with Crippen LogP contribution in [0, 0.1) is 0 Å². The molecule has 0 aliphatic carbocycles. The zero-order chi connectivity index (χ0) is 23.9. The summed E-state index contributed by atoms with van der Waals surface area (Å²) in [7, 11) is -4.32. The summed E-state index contributed by atoms with van der Waals surface area (Å²) in [6.45, 7) is 0. The average Bonchev–Trinajstić information content (AvgIpc) is 3.43. The Morgan fingerprint density at radius 3 is 2.56 bits per heavy atom.